The molecule has 0 aromatic rings. The summed E-state index contributed by atoms with van der Waals surface area (Å²) in [5.74, 6) is -0.421. The van der Waals surface area contributed by atoms with Crippen molar-refractivity contribution >= 4 is 11.9 Å². The molecule has 2 bridgehead atoms. The van der Waals surface area contributed by atoms with Crippen LogP contribution in [0.5, 0.6) is 0 Å². The van der Waals surface area contributed by atoms with Crippen LogP contribution in [0.15, 0.2) is 0 Å². The minimum Gasteiger partial charge on any atom is -0.464 e. The molecule has 0 aliphatic heterocycles. The zero-order valence-electron chi connectivity index (χ0n) is 17.6. The highest BCUT2D eigenvalue weighted by Gasteiger charge is 2.55. The zero-order valence-corrected chi connectivity index (χ0v) is 17.6. The average Bonchev–Trinajstić information content (AvgIpc) is 3.30. The van der Waals surface area contributed by atoms with Crippen LogP contribution < -0.4 is 0 Å². The van der Waals surface area contributed by atoms with Gasteiger partial charge in [-0.2, -0.15) is 0 Å². The van der Waals surface area contributed by atoms with Crippen LogP contribution in [-0.4, -0.2) is 74.2 Å². The predicted molar refractivity (Wildman–Crippen MR) is 105 cm³/mol. The topological polar surface area (TPSA) is 59.1 Å². The third kappa shape index (κ3) is 5.67. The molecule has 0 aromatic heterocycles. The molecule has 6 heteroatoms. The Kier molecular flexibility index (Phi) is 9.03. The summed E-state index contributed by atoms with van der Waals surface area (Å²) < 4.78 is 11.1. The van der Waals surface area contributed by atoms with Crippen LogP contribution in [0.3, 0.4) is 0 Å². The fourth-order valence-corrected chi connectivity index (χ4v) is 4.79. The molecule has 0 N–H and O–H groups in total. The van der Waals surface area contributed by atoms with Gasteiger partial charge < -0.3 is 19.3 Å². The standard InChI is InChI=1S/C21H38N2O4/c1-5-22(6-2)11-13-26-20(24)18-16-9-10-17(15-16)19(18)21(25)27-14-12-23(7-3)8-4/h16-19H,5-15H2,1-4H3/t16-,17-,18+,19+/m0/s1. The summed E-state index contributed by atoms with van der Waals surface area (Å²) in [6, 6.07) is 0. The van der Waals surface area contributed by atoms with Crippen molar-refractivity contribution in [2.45, 2.75) is 47.0 Å². The third-order valence-corrected chi connectivity index (χ3v) is 6.55. The number of fused-ring (bicyclic) bond motifs is 2. The van der Waals surface area contributed by atoms with Gasteiger partial charge in [-0.3, -0.25) is 9.59 Å². The van der Waals surface area contributed by atoms with Gasteiger partial charge >= 0.3 is 11.9 Å². The van der Waals surface area contributed by atoms with Crippen molar-refractivity contribution < 1.29 is 19.1 Å². The molecule has 0 aromatic carbocycles. The van der Waals surface area contributed by atoms with E-state index in [4.69, 9.17) is 9.47 Å². The van der Waals surface area contributed by atoms with Crippen LogP contribution in [0.25, 0.3) is 0 Å². The summed E-state index contributed by atoms with van der Waals surface area (Å²) in [7, 11) is 0. The van der Waals surface area contributed by atoms with Gasteiger partial charge in [0.1, 0.15) is 13.2 Å². The molecule has 0 saturated heterocycles. The van der Waals surface area contributed by atoms with E-state index in [1.54, 1.807) is 0 Å². The maximum Gasteiger partial charge on any atom is 0.310 e. The van der Waals surface area contributed by atoms with E-state index in [9.17, 15) is 9.59 Å². The molecular weight excluding hydrogens is 344 g/mol. The van der Waals surface area contributed by atoms with Crippen molar-refractivity contribution in [3.8, 4) is 0 Å². The molecule has 2 fully saturated rings. The lowest BCUT2D eigenvalue weighted by atomic mass is 9.79. The Morgan fingerprint density at radius 1 is 0.741 bits per heavy atom. The minimum atomic E-state index is -0.304. The Labute approximate surface area is 164 Å². The molecule has 2 aliphatic carbocycles. The fraction of sp³-hybridized carbons (Fsp3) is 0.905. The Morgan fingerprint density at radius 2 is 1.11 bits per heavy atom. The number of nitrogens with zero attached hydrogens (tertiary/aromatic N) is 2. The van der Waals surface area contributed by atoms with Gasteiger partial charge in [0.05, 0.1) is 11.8 Å². The number of ether oxygens (including phenoxy) is 2. The van der Waals surface area contributed by atoms with E-state index < -0.39 is 0 Å². The number of hydrogen-bond donors (Lipinski definition) is 0. The summed E-state index contributed by atoms with van der Waals surface area (Å²) in [6.45, 7) is 14.5. The fourth-order valence-electron chi connectivity index (χ4n) is 4.79. The van der Waals surface area contributed by atoms with Gasteiger partial charge in [0.2, 0.25) is 0 Å². The van der Waals surface area contributed by atoms with Crippen molar-refractivity contribution in [1.29, 1.82) is 0 Å². The lowest BCUT2D eigenvalue weighted by Gasteiger charge is -2.28. The van der Waals surface area contributed by atoms with Crippen LogP contribution in [0, 0.1) is 23.7 Å². The number of esters is 2. The molecule has 0 unspecified atom stereocenters. The smallest absolute Gasteiger partial charge is 0.310 e. The summed E-state index contributed by atoms with van der Waals surface area (Å²) >= 11 is 0. The van der Waals surface area contributed by atoms with E-state index in [-0.39, 0.29) is 35.6 Å². The molecule has 0 amide bonds. The largest absolute Gasteiger partial charge is 0.464 e. The molecule has 2 aliphatic rings. The van der Waals surface area contributed by atoms with Gasteiger partial charge in [-0.25, -0.2) is 0 Å². The Balaban J connectivity index is 1.86. The number of carbonyl (C=O) groups is 2. The van der Waals surface area contributed by atoms with E-state index in [2.05, 4.69) is 37.5 Å². The van der Waals surface area contributed by atoms with Gasteiger partial charge in [0, 0.05) is 13.1 Å². The monoisotopic (exact) mass is 382 g/mol. The SMILES string of the molecule is CCN(CC)CCOC(=O)[C@@H]1[C@H]2CC[C@@H](C2)[C@H]1C(=O)OCCN(CC)CC. The predicted octanol–water partition coefficient (Wildman–Crippen LogP) is 2.42. The maximum absolute atomic E-state index is 12.7. The molecule has 4 atom stereocenters. The second-order valence-electron chi connectivity index (χ2n) is 7.77. The molecule has 156 valence electrons. The maximum atomic E-state index is 12.7. The lowest BCUT2D eigenvalue weighted by molar-refractivity contribution is -0.163. The number of rotatable bonds is 12. The molecular formula is C21H38N2O4. The number of carbonyl (C=O) groups excluding carboxylic acids is 2. The normalized spacial score (nSPS) is 26.7. The van der Waals surface area contributed by atoms with Crippen LogP contribution in [-0.2, 0) is 19.1 Å². The second-order valence-corrected chi connectivity index (χ2v) is 7.77. The Morgan fingerprint density at radius 3 is 1.44 bits per heavy atom. The first-order chi connectivity index (χ1) is 13.0. The van der Waals surface area contributed by atoms with Crippen LogP contribution in [0.4, 0.5) is 0 Å². The molecule has 2 rings (SSSR count). The summed E-state index contributed by atoms with van der Waals surface area (Å²) in [4.78, 5) is 29.9. The van der Waals surface area contributed by atoms with E-state index in [1.807, 2.05) is 0 Å². The van der Waals surface area contributed by atoms with Gasteiger partial charge in [0.25, 0.3) is 0 Å². The van der Waals surface area contributed by atoms with Gasteiger partial charge in [-0.05, 0) is 57.3 Å². The van der Waals surface area contributed by atoms with E-state index in [1.165, 1.54) is 0 Å². The highest BCUT2D eigenvalue weighted by Crippen LogP contribution is 2.53. The van der Waals surface area contributed by atoms with Crippen molar-refractivity contribution in [3.63, 3.8) is 0 Å². The number of likely N-dealkylation sites (N-methyl/N-ethyl adjacent to an activating group) is 2. The van der Waals surface area contributed by atoms with Crippen LogP contribution in [0.1, 0.15) is 47.0 Å². The highest BCUT2D eigenvalue weighted by molar-refractivity contribution is 5.83. The molecule has 0 heterocycles. The van der Waals surface area contributed by atoms with Crippen molar-refractivity contribution in [1.82, 2.24) is 9.80 Å². The molecule has 0 spiro atoms. The van der Waals surface area contributed by atoms with Gasteiger partial charge in [-0.1, -0.05) is 27.7 Å². The van der Waals surface area contributed by atoms with Crippen LogP contribution in [0.2, 0.25) is 0 Å². The zero-order chi connectivity index (χ0) is 19.8. The van der Waals surface area contributed by atoms with E-state index in [0.717, 1.165) is 58.5 Å². The first-order valence-corrected chi connectivity index (χ1v) is 10.8. The van der Waals surface area contributed by atoms with E-state index >= 15 is 0 Å². The molecule has 2 saturated carbocycles. The first-order valence-electron chi connectivity index (χ1n) is 10.8. The van der Waals surface area contributed by atoms with Gasteiger partial charge in [-0.15, -0.1) is 0 Å². The Bertz CT molecular complexity index is 435. The van der Waals surface area contributed by atoms with Crippen LogP contribution >= 0.6 is 0 Å². The minimum absolute atomic E-state index is 0.194. The Hall–Kier alpha value is -1.14. The highest BCUT2D eigenvalue weighted by atomic mass is 16.5. The quantitative estimate of drug-likeness (QED) is 0.483. The molecule has 0 radical (unpaired) electrons. The summed E-state index contributed by atoms with van der Waals surface area (Å²) in [5.41, 5.74) is 0. The van der Waals surface area contributed by atoms with Crippen molar-refractivity contribution in [2.24, 2.45) is 23.7 Å². The number of hydrogen-bond acceptors (Lipinski definition) is 6. The van der Waals surface area contributed by atoms with Crippen molar-refractivity contribution in [2.75, 3.05) is 52.5 Å². The van der Waals surface area contributed by atoms with E-state index in [0.29, 0.717) is 13.2 Å². The second kappa shape index (κ2) is 11.0. The molecule has 27 heavy (non-hydrogen) atoms. The first kappa shape index (κ1) is 22.2. The van der Waals surface area contributed by atoms with Gasteiger partial charge in [0.15, 0.2) is 0 Å². The van der Waals surface area contributed by atoms with Crippen molar-refractivity contribution in [3.05, 3.63) is 0 Å². The molecule has 6 nitrogen and oxygen atoms in total. The summed E-state index contributed by atoms with van der Waals surface area (Å²) in [6.07, 6.45) is 3.03. The summed E-state index contributed by atoms with van der Waals surface area (Å²) in [5, 5.41) is 0. The average molecular weight is 383 g/mol. The lowest BCUT2D eigenvalue weighted by Crippen LogP contribution is -2.38. The third-order valence-electron chi connectivity index (χ3n) is 6.55.